The summed E-state index contributed by atoms with van der Waals surface area (Å²) in [5.74, 6) is -0.886. The molecular weight excluding hydrogens is 324 g/mol. The Morgan fingerprint density at radius 3 is 2.83 bits per heavy atom. The second-order valence-corrected chi connectivity index (χ2v) is 6.11. The zero-order valence-electron chi connectivity index (χ0n) is 12.6. The van der Waals surface area contributed by atoms with Crippen molar-refractivity contribution in [3.8, 4) is 0 Å². The molecule has 0 spiro atoms. The van der Waals surface area contributed by atoms with Crippen LogP contribution in [0.3, 0.4) is 0 Å². The Kier molecular flexibility index (Phi) is 5.37. The molecule has 1 atom stereocenters. The fraction of sp³-hybridized carbons (Fsp3) is 0.462. The number of hydrogen-bond acceptors (Lipinski definition) is 7. The van der Waals surface area contributed by atoms with Crippen molar-refractivity contribution >= 4 is 29.7 Å². The van der Waals surface area contributed by atoms with Gasteiger partial charge in [-0.25, -0.2) is 9.78 Å². The Morgan fingerprint density at radius 2 is 2.22 bits per heavy atom. The van der Waals surface area contributed by atoms with Crippen LogP contribution in [0.15, 0.2) is 16.0 Å². The monoisotopic (exact) mass is 340 g/mol. The van der Waals surface area contributed by atoms with E-state index in [-0.39, 0.29) is 23.2 Å². The summed E-state index contributed by atoms with van der Waals surface area (Å²) in [7, 11) is 1.24. The molecule has 1 aromatic heterocycles. The first kappa shape index (κ1) is 17.0. The number of esters is 1. The minimum Gasteiger partial charge on any atom is -0.469 e. The van der Waals surface area contributed by atoms with E-state index in [0.717, 1.165) is 16.7 Å². The number of aromatic amines is 1. The van der Waals surface area contributed by atoms with Gasteiger partial charge in [0.25, 0.3) is 5.56 Å². The van der Waals surface area contributed by atoms with Gasteiger partial charge in [-0.2, -0.15) is 0 Å². The highest BCUT2D eigenvalue weighted by molar-refractivity contribution is 8.00. The van der Waals surface area contributed by atoms with E-state index in [4.69, 9.17) is 0 Å². The van der Waals surface area contributed by atoms with Crippen LogP contribution in [0.4, 0.5) is 4.79 Å². The number of rotatable bonds is 5. The van der Waals surface area contributed by atoms with Crippen molar-refractivity contribution < 1.29 is 19.1 Å². The van der Waals surface area contributed by atoms with Gasteiger partial charge in [-0.05, 0) is 6.92 Å². The number of amides is 3. The van der Waals surface area contributed by atoms with Gasteiger partial charge >= 0.3 is 12.0 Å². The summed E-state index contributed by atoms with van der Waals surface area (Å²) in [6, 6.07) is 0.768. The van der Waals surface area contributed by atoms with Crippen LogP contribution >= 0.6 is 11.8 Å². The van der Waals surface area contributed by atoms with Crippen LogP contribution in [0, 0.1) is 0 Å². The van der Waals surface area contributed by atoms with Crippen molar-refractivity contribution in [1.82, 2.24) is 20.2 Å². The predicted molar refractivity (Wildman–Crippen MR) is 81.0 cm³/mol. The number of urea groups is 1. The molecule has 0 aromatic carbocycles. The molecule has 0 bridgehead atoms. The average Bonchev–Trinajstić information content (AvgIpc) is 2.91. The Hall–Kier alpha value is -2.36. The Labute approximate surface area is 135 Å². The predicted octanol–water partition coefficient (Wildman–Crippen LogP) is -0.482. The summed E-state index contributed by atoms with van der Waals surface area (Å²) in [4.78, 5) is 54.3. The number of ether oxygens (including phenoxy) is 1. The van der Waals surface area contributed by atoms with Gasteiger partial charge in [-0.3, -0.25) is 19.3 Å². The molecule has 0 unspecified atom stereocenters. The molecule has 1 aliphatic heterocycles. The first-order valence-corrected chi connectivity index (χ1v) is 7.71. The van der Waals surface area contributed by atoms with E-state index in [2.05, 4.69) is 20.0 Å². The summed E-state index contributed by atoms with van der Waals surface area (Å²) in [6.07, 6.45) is -0.134. The van der Waals surface area contributed by atoms with Crippen LogP contribution in [0.1, 0.15) is 12.6 Å². The number of carbonyl (C=O) groups is 3. The Balaban J connectivity index is 2.09. The lowest BCUT2D eigenvalue weighted by Gasteiger charge is -2.16. The minimum absolute atomic E-state index is 0.134. The van der Waals surface area contributed by atoms with Crippen LogP contribution in [0.2, 0.25) is 0 Å². The molecule has 3 amide bonds. The molecule has 0 aliphatic carbocycles. The lowest BCUT2D eigenvalue weighted by molar-refractivity contribution is -0.139. The van der Waals surface area contributed by atoms with Gasteiger partial charge in [0.2, 0.25) is 5.91 Å². The largest absolute Gasteiger partial charge is 0.469 e. The Morgan fingerprint density at radius 1 is 1.48 bits per heavy atom. The number of nitrogens with one attached hydrogen (secondary N) is 2. The van der Waals surface area contributed by atoms with Gasteiger partial charge in [-0.15, -0.1) is 0 Å². The molecular formula is C13H16N4O5S. The second kappa shape index (κ2) is 7.27. The molecule has 9 nitrogen and oxygen atoms in total. The highest BCUT2D eigenvalue weighted by Crippen LogP contribution is 2.21. The third-order valence-corrected chi connectivity index (χ3v) is 4.06. The standard InChI is InChI=1S/C13H16N4O5S/c1-7(11(20)17-4-3-14-13(17)21)23-12-15-8(5-9(18)16-12)6-10(19)22-2/h5,7H,3-4,6H2,1-2H3,(H,14,21)(H,15,16,18)/t7-/m1/s1. The Bertz CT molecular complexity index is 689. The molecule has 1 aliphatic rings. The van der Waals surface area contributed by atoms with E-state index >= 15 is 0 Å². The van der Waals surface area contributed by atoms with Crippen LogP contribution in [-0.4, -0.2) is 58.2 Å². The summed E-state index contributed by atoms with van der Waals surface area (Å²) >= 11 is 1.01. The van der Waals surface area contributed by atoms with Gasteiger partial charge in [0.05, 0.1) is 24.5 Å². The van der Waals surface area contributed by atoms with E-state index in [1.165, 1.54) is 13.2 Å². The van der Waals surface area contributed by atoms with E-state index in [1.807, 2.05) is 0 Å². The van der Waals surface area contributed by atoms with Crippen molar-refractivity contribution in [3.05, 3.63) is 22.1 Å². The van der Waals surface area contributed by atoms with E-state index in [0.29, 0.717) is 13.1 Å². The second-order valence-electron chi connectivity index (χ2n) is 4.78. The number of carbonyl (C=O) groups excluding carboxylic acids is 3. The lowest BCUT2D eigenvalue weighted by Crippen LogP contribution is -2.39. The maximum absolute atomic E-state index is 12.2. The molecule has 0 saturated carbocycles. The smallest absolute Gasteiger partial charge is 0.324 e. The molecule has 1 saturated heterocycles. The SMILES string of the molecule is COC(=O)Cc1cc(=O)[nH]c(S[C@H](C)C(=O)N2CCNC2=O)n1. The lowest BCUT2D eigenvalue weighted by atomic mass is 10.3. The van der Waals surface area contributed by atoms with Gasteiger partial charge in [0, 0.05) is 19.2 Å². The fourth-order valence-electron chi connectivity index (χ4n) is 1.97. The number of H-pyrrole nitrogens is 1. The van der Waals surface area contributed by atoms with Crippen molar-refractivity contribution in [3.63, 3.8) is 0 Å². The van der Waals surface area contributed by atoms with Crippen LogP contribution in [0.25, 0.3) is 0 Å². The van der Waals surface area contributed by atoms with Crippen molar-refractivity contribution in [2.75, 3.05) is 20.2 Å². The van der Waals surface area contributed by atoms with Crippen molar-refractivity contribution in [1.29, 1.82) is 0 Å². The molecule has 23 heavy (non-hydrogen) atoms. The zero-order valence-corrected chi connectivity index (χ0v) is 13.4. The van der Waals surface area contributed by atoms with Crippen molar-refractivity contribution in [2.45, 2.75) is 23.8 Å². The van der Waals surface area contributed by atoms with Gasteiger partial charge in [0.15, 0.2) is 5.16 Å². The molecule has 124 valence electrons. The quantitative estimate of drug-likeness (QED) is 0.422. The number of hydrogen-bond donors (Lipinski definition) is 2. The number of thioether (sulfide) groups is 1. The first-order chi connectivity index (χ1) is 10.9. The van der Waals surface area contributed by atoms with Crippen LogP contribution < -0.4 is 10.9 Å². The molecule has 2 heterocycles. The number of methoxy groups -OCH3 is 1. The summed E-state index contributed by atoms with van der Waals surface area (Å²) in [6.45, 7) is 2.35. The van der Waals surface area contributed by atoms with Gasteiger partial charge in [0.1, 0.15) is 0 Å². The third-order valence-electron chi connectivity index (χ3n) is 3.09. The maximum Gasteiger partial charge on any atom is 0.324 e. The number of imide groups is 1. The molecule has 10 heteroatoms. The number of nitrogens with zero attached hydrogens (tertiary/aromatic N) is 2. The minimum atomic E-state index is -0.615. The van der Waals surface area contributed by atoms with Crippen molar-refractivity contribution in [2.24, 2.45) is 0 Å². The molecule has 1 fully saturated rings. The summed E-state index contributed by atoms with van der Waals surface area (Å²) in [5, 5.41) is 2.14. The molecule has 2 N–H and O–H groups in total. The van der Waals surface area contributed by atoms with E-state index < -0.39 is 22.8 Å². The number of aromatic nitrogens is 2. The first-order valence-electron chi connectivity index (χ1n) is 6.83. The summed E-state index contributed by atoms with van der Waals surface area (Å²) in [5.41, 5.74) is -0.179. The molecule has 2 rings (SSSR count). The maximum atomic E-state index is 12.2. The topological polar surface area (TPSA) is 121 Å². The van der Waals surface area contributed by atoms with Crippen LogP contribution in [-0.2, 0) is 20.7 Å². The zero-order chi connectivity index (χ0) is 17.0. The van der Waals surface area contributed by atoms with Gasteiger partial charge in [-0.1, -0.05) is 11.8 Å². The normalized spacial score (nSPS) is 15.2. The molecule has 1 aromatic rings. The fourth-order valence-corrected chi connectivity index (χ4v) is 2.86. The van der Waals surface area contributed by atoms with E-state index in [1.54, 1.807) is 6.92 Å². The van der Waals surface area contributed by atoms with E-state index in [9.17, 15) is 19.2 Å². The average molecular weight is 340 g/mol. The highest BCUT2D eigenvalue weighted by atomic mass is 32.2. The third kappa shape index (κ3) is 4.31. The highest BCUT2D eigenvalue weighted by Gasteiger charge is 2.30. The van der Waals surface area contributed by atoms with Gasteiger partial charge < -0.3 is 15.0 Å². The summed E-state index contributed by atoms with van der Waals surface area (Å²) < 4.78 is 4.53. The molecule has 0 radical (unpaired) electrons. The van der Waals surface area contributed by atoms with Crippen LogP contribution in [0.5, 0.6) is 0 Å².